The van der Waals surface area contributed by atoms with E-state index in [1.807, 2.05) is 18.2 Å². The number of likely N-dealkylation sites (N-methyl/N-ethyl adjacent to an activating group) is 1. The van der Waals surface area contributed by atoms with Crippen molar-refractivity contribution in [2.75, 3.05) is 6.54 Å². The van der Waals surface area contributed by atoms with E-state index in [2.05, 4.69) is 15.3 Å². The molecule has 22 heavy (non-hydrogen) atoms. The lowest BCUT2D eigenvalue weighted by Gasteiger charge is -2.11. The summed E-state index contributed by atoms with van der Waals surface area (Å²) < 4.78 is 5.18. The van der Waals surface area contributed by atoms with E-state index in [0.717, 1.165) is 0 Å². The number of thiazole rings is 1. The summed E-state index contributed by atoms with van der Waals surface area (Å²) in [5, 5.41) is 3.26. The molecule has 0 spiro atoms. The highest BCUT2D eigenvalue weighted by Crippen LogP contribution is 2.27. The third kappa shape index (κ3) is 3.67. The Balaban J connectivity index is 2.14. The van der Waals surface area contributed by atoms with Gasteiger partial charge in [0.05, 0.1) is 11.4 Å². The third-order valence-electron chi connectivity index (χ3n) is 2.87. The van der Waals surface area contributed by atoms with Crippen LogP contribution in [0, 0.1) is 6.92 Å². The molecular formula is C15H17N3O3S. The van der Waals surface area contributed by atoms with Gasteiger partial charge in [0, 0.05) is 12.7 Å². The van der Waals surface area contributed by atoms with Gasteiger partial charge in [-0.2, -0.15) is 0 Å². The van der Waals surface area contributed by atoms with Crippen molar-refractivity contribution in [2.24, 2.45) is 0 Å². The molecule has 1 amide bonds. The first kappa shape index (κ1) is 16.1. The smallest absolute Gasteiger partial charge is 0.351 e. The van der Waals surface area contributed by atoms with Crippen LogP contribution in [0.3, 0.4) is 0 Å². The zero-order valence-electron chi connectivity index (χ0n) is 12.6. The van der Waals surface area contributed by atoms with Crippen LogP contribution in [0.25, 0.3) is 10.7 Å². The Bertz CT molecular complexity index is 670. The number of hydrogen-bond acceptors (Lipinski definition) is 6. The molecule has 0 fully saturated rings. The average molecular weight is 319 g/mol. The fraction of sp³-hybridized carbons (Fsp3) is 0.333. The van der Waals surface area contributed by atoms with Gasteiger partial charge in [-0.25, -0.2) is 9.78 Å². The summed E-state index contributed by atoms with van der Waals surface area (Å²) in [4.78, 5) is 32.7. The average Bonchev–Trinajstić information content (AvgIpc) is 2.90. The summed E-state index contributed by atoms with van der Waals surface area (Å²) in [5.41, 5.74) is 1.27. The van der Waals surface area contributed by atoms with Crippen molar-refractivity contribution in [2.45, 2.75) is 26.9 Å². The molecule has 2 aromatic rings. The molecule has 2 heterocycles. The van der Waals surface area contributed by atoms with E-state index in [0.29, 0.717) is 27.8 Å². The third-order valence-corrected chi connectivity index (χ3v) is 4.03. The summed E-state index contributed by atoms with van der Waals surface area (Å²) in [7, 11) is 0. The van der Waals surface area contributed by atoms with E-state index < -0.39 is 12.1 Å². The Morgan fingerprint density at radius 2 is 2.18 bits per heavy atom. The van der Waals surface area contributed by atoms with E-state index in [9.17, 15) is 9.59 Å². The molecule has 0 aromatic carbocycles. The molecule has 2 rings (SSSR count). The van der Waals surface area contributed by atoms with Crippen LogP contribution in [0.2, 0.25) is 0 Å². The van der Waals surface area contributed by atoms with Crippen molar-refractivity contribution in [3.63, 3.8) is 0 Å². The Kier molecular flexibility index (Phi) is 5.21. The van der Waals surface area contributed by atoms with Gasteiger partial charge in [-0.1, -0.05) is 6.07 Å². The van der Waals surface area contributed by atoms with E-state index in [1.165, 1.54) is 11.3 Å². The van der Waals surface area contributed by atoms with Crippen LogP contribution < -0.4 is 5.32 Å². The maximum absolute atomic E-state index is 12.2. The van der Waals surface area contributed by atoms with Gasteiger partial charge in [0.2, 0.25) is 0 Å². The molecule has 0 saturated carbocycles. The van der Waals surface area contributed by atoms with E-state index >= 15 is 0 Å². The molecule has 0 bridgehead atoms. The molecular weight excluding hydrogens is 302 g/mol. The van der Waals surface area contributed by atoms with Gasteiger partial charge < -0.3 is 10.1 Å². The first-order chi connectivity index (χ1) is 10.5. The molecule has 1 N–H and O–H groups in total. The fourth-order valence-electron chi connectivity index (χ4n) is 1.77. The quantitative estimate of drug-likeness (QED) is 0.854. The second-order valence-corrected chi connectivity index (χ2v) is 5.59. The van der Waals surface area contributed by atoms with Gasteiger partial charge in [-0.3, -0.25) is 9.78 Å². The normalized spacial score (nSPS) is 11.8. The number of aromatic nitrogens is 2. The van der Waals surface area contributed by atoms with Crippen LogP contribution in [0.4, 0.5) is 0 Å². The summed E-state index contributed by atoms with van der Waals surface area (Å²) in [5.74, 6) is -0.862. The Morgan fingerprint density at radius 1 is 1.41 bits per heavy atom. The van der Waals surface area contributed by atoms with Crippen LogP contribution in [0.5, 0.6) is 0 Å². The van der Waals surface area contributed by atoms with Crippen LogP contribution >= 0.6 is 11.3 Å². The van der Waals surface area contributed by atoms with Gasteiger partial charge >= 0.3 is 5.97 Å². The number of rotatable bonds is 5. The number of carbonyl (C=O) groups excluding carboxylic acids is 2. The molecule has 7 heteroatoms. The highest BCUT2D eigenvalue weighted by molar-refractivity contribution is 7.17. The number of carbonyl (C=O) groups is 2. The Labute approximate surface area is 132 Å². The first-order valence-electron chi connectivity index (χ1n) is 6.90. The molecule has 0 radical (unpaired) electrons. The number of aryl methyl sites for hydroxylation is 1. The predicted molar refractivity (Wildman–Crippen MR) is 83.6 cm³/mol. The number of pyridine rings is 1. The molecule has 0 aliphatic heterocycles. The van der Waals surface area contributed by atoms with Crippen molar-refractivity contribution in [3.05, 3.63) is 35.0 Å². The van der Waals surface area contributed by atoms with E-state index in [-0.39, 0.29) is 5.91 Å². The summed E-state index contributed by atoms with van der Waals surface area (Å²) in [6.07, 6.45) is 0.827. The number of esters is 1. The number of nitrogens with zero attached hydrogens (tertiary/aromatic N) is 2. The number of amides is 1. The van der Waals surface area contributed by atoms with Crippen LogP contribution in [-0.2, 0) is 9.53 Å². The summed E-state index contributed by atoms with van der Waals surface area (Å²) in [6.45, 7) is 5.57. The van der Waals surface area contributed by atoms with Crippen LogP contribution in [-0.4, -0.2) is 34.5 Å². The van der Waals surface area contributed by atoms with Crippen molar-refractivity contribution in [1.29, 1.82) is 0 Å². The highest BCUT2D eigenvalue weighted by atomic mass is 32.1. The van der Waals surface area contributed by atoms with Gasteiger partial charge in [0.15, 0.2) is 6.10 Å². The zero-order chi connectivity index (χ0) is 16.1. The lowest BCUT2D eigenvalue weighted by molar-refractivity contribution is -0.128. The molecule has 2 aromatic heterocycles. The van der Waals surface area contributed by atoms with E-state index in [4.69, 9.17) is 4.74 Å². The molecule has 0 saturated heterocycles. The lowest BCUT2D eigenvalue weighted by Crippen LogP contribution is -2.35. The number of nitrogens with one attached hydrogen (secondary N) is 1. The van der Waals surface area contributed by atoms with Crippen molar-refractivity contribution < 1.29 is 14.3 Å². The van der Waals surface area contributed by atoms with Crippen molar-refractivity contribution in [3.8, 4) is 10.7 Å². The van der Waals surface area contributed by atoms with Crippen LogP contribution in [0.15, 0.2) is 24.4 Å². The minimum absolute atomic E-state index is 0.317. The minimum atomic E-state index is -0.841. The Morgan fingerprint density at radius 3 is 2.82 bits per heavy atom. The van der Waals surface area contributed by atoms with Crippen LogP contribution in [0.1, 0.15) is 29.2 Å². The van der Waals surface area contributed by atoms with Crippen molar-refractivity contribution >= 4 is 23.2 Å². The monoisotopic (exact) mass is 319 g/mol. The fourth-order valence-corrected chi connectivity index (χ4v) is 2.70. The maximum Gasteiger partial charge on any atom is 0.351 e. The first-order valence-corrected chi connectivity index (χ1v) is 7.72. The summed E-state index contributed by atoms with van der Waals surface area (Å²) >= 11 is 1.21. The van der Waals surface area contributed by atoms with Gasteiger partial charge in [0.25, 0.3) is 5.91 Å². The largest absolute Gasteiger partial charge is 0.448 e. The van der Waals surface area contributed by atoms with Crippen molar-refractivity contribution in [1.82, 2.24) is 15.3 Å². The zero-order valence-corrected chi connectivity index (χ0v) is 13.4. The number of hydrogen-bond donors (Lipinski definition) is 1. The number of ether oxygens (including phenoxy) is 1. The second kappa shape index (κ2) is 7.13. The maximum atomic E-state index is 12.2. The minimum Gasteiger partial charge on any atom is -0.448 e. The Hall–Kier alpha value is -2.28. The second-order valence-electron chi connectivity index (χ2n) is 4.59. The SMILES string of the molecule is CCNC(=O)[C@H](C)OC(=O)c1sc(-c2ccccn2)nc1C. The molecule has 0 unspecified atom stereocenters. The predicted octanol–water partition coefficient (Wildman–Crippen LogP) is 2.19. The van der Waals surface area contributed by atoms with Gasteiger partial charge in [-0.15, -0.1) is 11.3 Å². The van der Waals surface area contributed by atoms with E-state index in [1.54, 1.807) is 27.0 Å². The molecule has 0 aliphatic carbocycles. The lowest BCUT2D eigenvalue weighted by atomic mass is 10.3. The topological polar surface area (TPSA) is 81.2 Å². The summed E-state index contributed by atoms with van der Waals surface area (Å²) in [6, 6.07) is 5.49. The van der Waals surface area contributed by atoms with Gasteiger partial charge in [0.1, 0.15) is 9.88 Å². The standard InChI is InChI=1S/C15H17N3O3S/c1-4-16-13(19)10(3)21-15(20)12-9(2)18-14(22-12)11-7-5-6-8-17-11/h5-8,10H,4H2,1-3H3,(H,16,19)/t10-/m0/s1. The molecule has 6 nitrogen and oxygen atoms in total. The molecule has 116 valence electrons. The molecule has 0 aliphatic rings. The highest BCUT2D eigenvalue weighted by Gasteiger charge is 2.22. The molecule has 1 atom stereocenters. The van der Waals surface area contributed by atoms with Gasteiger partial charge in [-0.05, 0) is 32.9 Å².